The first-order valence-electron chi connectivity index (χ1n) is 12.2. The van der Waals surface area contributed by atoms with Crippen molar-refractivity contribution in [3.05, 3.63) is 89.6 Å². The van der Waals surface area contributed by atoms with Gasteiger partial charge in [0, 0.05) is 35.1 Å². The Labute approximate surface area is 205 Å². The van der Waals surface area contributed by atoms with E-state index in [0.717, 1.165) is 69.3 Å². The summed E-state index contributed by atoms with van der Waals surface area (Å²) in [5, 5.41) is 12.1. The second-order valence-electron chi connectivity index (χ2n) is 9.39. The van der Waals surface area contributed by atoms with E-state index in [1.54, 1.807) is 0 Å². The molecule has 5 aromatic rings. The molecule has 0 spiro atoms. The minimum absolute atomic E-state index is 0.160. The molecule has 0 saturated carbocycles. The monoisotopic (exact) mass is 459 g/mol. The summed E-state index contributed by atoms with van der Waals surface area (Å²) in [6.07, 6.45) is 5.60. The molecule has 1 aliphatic rings. The lowest BCUT2D eigenvalue weighted by Gasteiger charge is -2.23. The molecule has 0 radical (unpaired) electrons. The van der Waals surface area contributed by atoms with Crippen molar-refractivity contribution in [2.75, 3.05) is 6.61 Å². The van der Waals surface area contributed by atoms with Crippen LogP contribution in [0.15, 0.2) is 77.3 Å². The van der Waals surface area contributed by atoms with Crippen molar-refractivity contribution in [3.8, 4) is 28.5 Å². The predicted octanol–water partition coefficient (Wildman–Crippen LogP) is 7.17. The van der Waals surface area contributed by atoms with Gasteiger partial charge in [-0.3, -0.25) is 0 Å². The van der Waals surface area contributed by atoms with Crippen LogP contribution in [0.4, 0.5) is 0 Å². The van der Waals surface area contributed by atoms with Gasteiger partial charge in [0.25, 0.3) is 0 Å². The van der Waals surface area contributed by atoms with Gasteiger partial charge in [-0.2, -0.15) is 5.26 Å². The van der Waals surface area contributed by atoms with Crippen molar-refractivity contribution in [2.24, 2.45) is 7.05 Å². The number of ether oxygens (including phenoxy) is 1. The normalized spacial score (nSPS) is 16.0. The first-order chi connectivity index (χ1) is 17.2. The van der Waals surface area contributed by atoms with Gasteiger partial charge in [0.05, 0.1) is 23.3 Å². The second-order valence-corrected chi connectivity index (χ2v) is 9.39. The molecule has 1 aliphatic heterocycles. The van der Waals surface area contributed by atoms with Gasteiger partial charge in [0.2, 0.25) is 5.69 Å². The number of nitriles is 1. The summed E-state index contributed by atoms with van der Waals surface area (Å²) in [6, 6.07) is 25.2. The van der Waals surface area contributed by atoms with Crippen molar-refractivity contribution >= 4 is 21.9 Å². The second kappa shape index (κ2) is 8.69. The van der Waals surface area contributed by atoms with E-state index in [1.165, 1.54) is 12.0 Å². The van der Waals surface area contributed by atoms with Gasteiger partial charge in [0.15, 0.2) is 6.20 Å². The number of nitrogens with zero attached hydrogens (tertiary/aromatic N) is 2. The van der Waals surface area contributed by atoms with Gasteiger partial charge in [0.1, 0.15) is 18.2 Å². The fraction of sp³-hybridized carbons (Fsp3) is 0.226. The molecule has 0 amide bonds. The lowest BCUT2D eigenvalue weighted by Crippen LogP contribution is -2.30. The number of aryl methyl sites for hydroxylation is 2. The molecule has 4 heteroatoms. The minimum Gasteiger partial charge on any atom is -0.454 e. The van der Waals surface area contributed by atoms with Crippen LogP contribution in [-0.4, -0.2) is 6.61 Å². The molecule has 6 rings (SSSR count). The summed E-state index contributed by atoms with van der Waals surface area (Å²) >= 11 is 0. The van der Waals surface area contributed by atoms with E-state index in [-0.39, 0.29) is 6.10 Å². The van der Waals surface area contributed by atoms with Gasteiger partial charge < -0.3 is 9.15 Å². The average Bonchev–Trinajstić information content (AvgIpc) is 3.28. The largest absolute Gasteiger partial charge is 0.454 e. The average molecular weight is 460 g/mol. The number of pyridine rings is 1. The third-order valence-electron chi connectivity index (χ3n) is 7.20. The Morgan fingerprint density at radius 3 is 2.37 bits per heavy atom. The number of hydrogen-bond donors (Lipinski definition) is 0. The van der Waals surface area contributed by atoms with Crippen LogP contribution in [0.3, 0.4) is 0 Å². The van der Waals surface area contributed by atoms with Crippen LogP contribution in [-0.2, 0) is 11.8 Å². The molecular formula is C31H27N2O2+. The quantitative estimate of drug-likeness (QED) is 0.269. The number of rotatable bonds is 3. The first-order valence-corrected chi connectivity index (χ1v) is 12.2. The zero-order valence-electron chi connectivity index (χ0n) is 20.0. The Morgan fingerprint density at radius 1 is 0.886 bits per heavy atom. The topological polar surface area (TPSA) is 50.0 Å². The Hall–Kier alpha value is -3.94. The van der Waals surface area contributed by atoms with Gasteiger partial charge in [-0.05, 0) is 61.1 Å². The Kier molecular flexibility index (Phi) is 5.36. The van der Waals surface area contributed by atoms with Crippen molar-refractivity contribution in [2.45, 2.75) is 32.3 Å². The van der Waals surface area contributed by atoms with Crippen molar-refractivity contribution in [3.63, 3.8) is 0 Å². The van der Waals surface area contributed by atoms with Gasteiger partial charge >= 0.3 is 0 Å². The highest BCUT2D eigenvalue weighted by Crippen LogP contribution is 2.42. The lowest BCUT2D eigenvalue weighted by molar-refractivity contribution is -0.660. The molecule has 1 unspecified atom stereocenters. The zero-order valence-corrected chi connectivity index (χ0v) is 20.0. The van der Waals surface area contributed by atoms with Crippen LogP contribution in [0.5, 0.6) is 0 Å². The van der Waals surface area contributed by atoms with Gasteiger partial charge in [-0.15, -0.1) is 0 Å². The highest BCUT2D eigenvalue weighted by molar-refractivity contribution is 6.13. The van der Waals surface area contributed by atoms with Gasteiger partial charge in [-0.1, -0.05) is 36.4 Å². The van der Waals surface area contributed by atoms with E-state index in [2.05, 4.69) is 60.0 Å². The Morgan fingerprint density at radius 2 is 1.66 bits per heavy atom. The molecule has 172 valence electrons. The maximum absolute atomic E-state index is 9.97. The van der Waals surface area contributed by atoms with E-state index in [1.807, 2.05) is 37.5 Å². The number of fused-ring (bicyclic) bond motifs is 3. The molecule has 4 nitrogen and oxygen atoms in total. The van der Waals surface area contributed by atoms with E-state index in [4.69, 9.17) is 9.15 Å². The summed E-state index contributed by atoms with van der Waals surface area (Å²) in [5.74, 6) is 0. The summed E-state index contributed by atoms with van der Waals surface area (Å²) < 4.78 is 14.7. The zero-order chi connectivity index (χ0) is 23.9. The van der Waals surface area contributed by atoms with Crippen molar-refractivity contribution in [1.29, 1.82) is 5.26 Å². The van der Waals surface area contributed by atoms with E-state index in [0.29, 0.717) is 5.56 Å². The third kappa shape index (κ3) is 3.60. The van der Waals surface area contributed by atoms with E-state index >= 15 is 0 Å². The van der Waals surface area contributed by atoms with Gasteiger partial charge in [-0.25, -0.2) is 4.57 Å². The molecule has 1 fully saturated rings. The van der Waals surface area contributed by atoms with Crippen molar-refractivity contribution in [1.82, 2.24) is 0 Å². The number of benzene rings is 3. The van der Waals surface area contributed by atoms with Crippen LogP contribution >= 0.6 is 0 Å². The SMILES string of the molecule is Cc1ccc2c(oc3c(-c4ccc(C5CCCCO5)cc4)c(C#N)ccc32)c1-c1cccc[n+]1C. The molecule has 1 atom stereocenters. The standard InChI is InChI=1S/C31H27N2O2/c1-20-9-15-24-25-16-14-23(19-32)29(22-12-10-21(11-13-22)27-8-4-6-18-34-27)31(25)35-30(24)28(20)26-7-3-5-17-33(26)2/h3,5,7,9-17,27H,4,6,8,18H2,1-2H3/q+1. The summed E-state index contributed by atoms with van der Waals surface area (Å²) in [5.41, 5.74) is 8.56. The molecule has 1 saturated heterocycles. The fourth-order valence-electron chi connectivity index (χ4n) is 5.35. The number of furan rings is 1. The van der Waals surface area contributed by atoms with E-state index < -0.39 is 0 Å². The highest BCUT2D eigenvalue weighted by atomic mass is 16.5. The van der Waals surface area contributed by atoms with Crippen LogP contribution < -0.4 is 4.57 Å². The molecule has 0 N–H and O–H groups in total. The van der Waals surface area contributed by atoms with Crippen LogP contribution in [0, 0.1) is 18.3 Å². The lowest BCUT2D eigenvalue weighted by atomic mass is 9.94. The fourth-order valence-corrected chi connectivity index (χ4v) is 5.35. The molecule has 0 bridgehead atoms. The van der Waals surface area contributed by atoms with Crippen LogP contribution in [0.2, 0.25) is 0 Å². The van der Waals surface area contributed by atoms with Crippen LogP contribution in [0.25, 0.3) is 44.3 Å². The molecule has 3 aromatic carbocycles. The number of aromatic nitrogens is 1. The highest BCUT2D eigenvalue weighted by Gasteiger charge is 2.23. The third-order valence-corrected chi connectivity index (χ3v) is 7.20. The minimum atomic E-state index is 0.160. The molecule has 35 heavy (non-hydrogen) atoms. The van der Waals surface area contributed by atoms with Crippen molar-refractivity contribution < 1.29 is 13.7 Å². The first kappa shape index (κ1) is 21.6. The number of hydrogen-bond acceptors (Lipinski definition) is 3. The van der Waals surface area contributed by atoms with E-state index in [9.17, 15) is 5.26 Å². The Bertz CT molecular complexity index is 1600. The Balaban J connectivity index is 1.57. The summed E-state index contributed by atoms with van der Waals surface area (Å²) in [4.78, 5) is 0. The summed E-state index contributed by atoms with van der Waals surface area (Å²) in [6.45, 7) is 2.94. The maximum Gasteiger partial charge on any atom is 0.216 e. The molecular weight excluding hydrogens is 432 g/mol. The smallest absolute Gasteiger partial charge is 0.216 e. The molecule has 2 aromatic heterocycles. The molecule has 0 aliphatic carbocycles. The maximum atomic E-state index is 9.97. The predicted molar refractivity (Wildman–Crippen MR) is 138 cm³/mol. The summed E-state index contributed by atoms with van der Waals surface area (Å²) in [7, 11) is 2.05. The molecule has 3 heterocycles. The van der Waals surface area contributed by atoms with Crippen LogP contribution in [0.1, 0.15) is 42.1 Å².